The predicted molar refractivity (Wildman–Crippen MR) is 68.6 cm³/mol. The van der Waals surface area contributed by atoms with E-state index < -0.39 is 0 Å². The van der Waals surface area contributed by atoms with Gasteiger partial charge in [-0.2, -0.15) is 5.10 Å². The van der Waals surface area contributed by atoms with E-state index in [-0.39, 0.29) is 0 Å². The summed E-state index contributed by atoms with van der Waals surface area (Å²) in [5, 5.41) is 14.1. The minimum Gasteiger partial charge on any atom is -0.504 e. The maximum atomic E-state index is 9.81. The van der Waals surface area contributed by atoms with Gasteiger partial charge in [0.2, 0.25) is 0 Å². The average Bonchev–Trinajstić information content (AvgIpc) is 2.68. The summed E-state index contributed by atoms with van der Waals surface area (Å²) < 4.78 is 1.83. The van der Waals surface area contributed by atoms with Crippen LogP contribution in [-0.4, -0.2) is 14.9 Å². The molecule has 0 aliphatic rings. The zero-order valence-corrected chi connectivity index (χ0v) is 10.3. The third-order valence-corrected chi connectivity index (χ3v) is 2.86. The molecule has 1 heterocycles. The summed E-state index contributed by atoms with van der Waals surface area (Å²) in [7, 11) is 0. The van der Waals surface area contributed by atoms with Crippen molar-refractivity contribution in [1.82, 2.24) is 9.78 Å². The molecule has 0 unspecified atom stereocenters. The summed E-state index contributed by atoms with van der Waals surface area (Å²) in [5.41, 5.74) is 3.10. The normalized spacial score (nSPS) is 10.7. The highest BCUT2D eigenvalue weighted by molar-refractivity contribution is 5.39. The van der Waals surface area contributed by atoms with E-state index in [1.807, 2.05) is 16.8 Å². The van der Waals surface area contributed by atoms with E-state index in [0.717, 1.165) is 30.6 Å². The Hall–Kier alpha value is -1.77. The second-order valence-corrected chi connectivity index (χ2v) is 4.33. The number of nitrogens with zero attached hydrogens (tertiary/aromatic N) is 2. The Labute approximate surface area is 102 Å². The Morgan fingerprint density at radius 1 is 1.35 bits per heavy atom. The van der Waals surface area contributed by atoms with E-state index in [1.54, 1.807) is 0 Å². The van der Waals surface area contributed by atoms with Gasteiger partial charge in [0.05, 0.1) is 17.6 Å². The maximum Gasteiger partial charge on any atom is 0.157 e. The lowest BCUT2D eigenvalue weighted by atomic mass is 10.2. The highest BCUT2D eigenvalue weighted by Gasteiger charge is 2.10. The average molecular weight is 230 g/mol. The first-order valence-electron chi connectivity index (χ1n) is 6.05. The van der Waals surface area contributed by atoms with Crippen molar-refractivity contribution < 1.29 is 5.11 Å². The van der Waals surface area contributed by atoms with Gasteiger partial charge in [0, 0.05) is 0 Å². The second kappa shape index (κ2) is 5.04. The molecule has 0 fully saturated rings. The third-order valence-electron chi connectivity index (χ3n) is 2.86. The van der Waals surface area contributed by atoms with Crippen LogP contribution in [0.1, 0.15) is 31.0 Å². The molecule has 90 valence electrons. The monoisotopic (exact) mass is 230 g/mol. The number of benzene rings is 1. The Bertz CT molecular complexity index is 503. The molecule has 0 amide bonds. The standard InChI is InChI=1S/C14H18N2O/c1-3-4-8-13-14(17)10-15-16(13)12-7-5-6-11(2)9-12/h5-7,9-10,17H,3-4,8H2,1-2H3. The fraction of sp³-hybridized carbons (Fsp3) is 0.357. The van der Waals surface area contributed by atoms with Crippen LogP contribution in [0.15, 0.2) is 30.5 Å². The third kappa shape index (κ3) is 2.49. The molecule has 0 atom stereocenters. The van der Waals surface area contributed by atoms with Crippen molar-refractivity contribution in [2.45, 2.75) is 33.1 Å². The van der Waals surface area contributed by atoms with Gasteiger partial charge in [-0.05, 0) is 37.5 Å². The summed E-state index contributed by atoms with van der Waals surface area (Å²) in [6.07, 6.45) is 4.55. The topological polar surface area (TPSA) is 38.1 Å². The van der Waals surface area contributed by atoms with Crippen LogP contribution in [0.25, 0.3) is 5.69 Å². The van der Waals surface area contributed by atoms with Crippen LogP contribution in [0.5, 0.6) is 5.75 Å². The number of aromatic hydroxyl groups is 1. The predicted octanol–water partition coefficient (Wildman–Crippen LogP) is 3.23. The van der Waals surface area contributed by atoms with Crippen LogP contribution in [0.3, 0.4) is 0 Å². The Balaban J connectivity index is 2.38. The lowest BCUT2D eigenvalue weighted by molar-refractivity contribution is 0.465. The summed E-state index contributed by atoms with van der Waals surface area (Å²) in [4.78, 5) is 0. The number of aromatic nitrogens is 2. The van der Waals surface area contributed by atoms with Gasteiger partial charge in [-0.1, -0.05) is 25.5 Å². The van der Waals surface area contributed by atoms with E-state index in [0.29, 0.717) is 5.75 Å². The molecule has 3 nitrogen and oxygen atoms in total. The smallest absolute Gasteiger partial charge is 0.157 e. The summed E-state index contributed by atoms with van der Waals surface area (Å²) in [5.74, 6) is 0.292. The summed E-state index contributed by atoms with van der Waals surface area (Å²) >= 11 is 0. The fourth-order valence-corrected chi connectivity index (χ4v) is 1.93. The maximum absolute atomic E-state index is 9.81. The minimum absolute atomic E-state index is 0.292. The first kappa shape index (κ1) is 11.7. The van der Waals surface area contributed by atoms with Crippen LogP contribution >= 0.6 is 0 Å². The van der Waals surface area contributed by atoms with E-state index in [4.69, 9.17) is 0 Å². The highest BCUT2D eigenvalue weighted by atomic mass is 16.3. The molecule has 0 saturated carbocycles. The molecule has 0 aliphatic carbocycles. The van der Waals surface area contributed by atoms with E-state index >= 15 is 0 Å². The molecule has 0 saturated heterocycles. The van der Waals surface area contributed by atoms with Crippen molar-refractivity contribution in [3.63, 3.8) is 0 Å². The first-order valence-corrected chi connectivity index (χ1v) is 6.05. The van der Waals surface area contributed by atoms with Gasteiger partial charge in [-0.15, -0.1) is 0 Å². The quantitative estimate of drug-likeness (QED) is 0.875. The van der Waals surface area contributed by atoms with Gasteiger partial charge < -0.3 is 5.11 Å². The summed E-state index contributed by atoms with van der Waals surface area (Å²) in [6, 6.07) is 8.14. The Kier molecular flexibility index (Phi) is 3.47. The molecule has 17 heavy (non-hydrogen) atoms. The van der Waals surface area contributed by atoms with Crippen LogP contribution in [-0.2, 0) is 6.42 Å². The number of aryl methyl sites for hydroxylation is 1. The zero-order chi connectivity index (χ0) is 12.3. The molecule has 2 aromatic rings. The van der Waals surface area contributed by atoms with E-state index in [1.165, 1.54) is 11.8 Å². The zero-order valence-electron chi connectivity index (χ0n) is 10.3. The van der Waals surface area contributed by atoms with Gasteiger partial charge in [-0.3, -0.25) is 0 Å². The molecule has 0 aliphatic heterocycles. The van der Waals surface area contributed by atoms with Crippen molar-refractivity contribution in [1.29, 1.82) is 0 Å². The molecule has 1 aromatic carbocycles. The van der Waals surface area contributed by atoms with Crippen molar-refractivity contribution in [2.24, 2.45) is 0 Å². The molecule has 1 aromatic heterocycles. The number of unbranched alkanes of at least 4 members (excludes halogenated alkanes) is 1. The van der Waals surface area contributed by atoms with Gasteiger partial charge in [-0.25, -0.2) is 4.68 Å². The van der Waals surface area contributed by atoms with Crippen LogP contribution < -0.4 is 0 Å². The van der Waals surface area contributed by atoms with Crippen molar-refractivity contribution in [3.8, 4) is 11.4 Å². The molecule has 0 spiro atoms. The lowest BCUT2D eigenvalue weighted by Crippen LogP contribution is -2.02. The SMILES string of the molecule is CCCCc1c(O)cnn1-c1cccc(C)c1. The van der Waals surface area contributed by atoms with Crippen LogP contribution in [0, 0.1) is 6.92 Å². The number of rotatable bonds is 4. The molecular weight excluding hydrogens is 212 g/mol. The van der Waals surface area contributed by atoms with Crippen molar-refractivity contribution in [2.75, 3.05) is 0 Å². The Morgan fingerprint density at radius 3 is 2.88 bits per heavy atom. The van der Waals surface area contributed by atoms with E-state index in [9.17, 15) is 5.11 Å². The highest BCUT2D eigenvalue weighted by Crippen LogP contribution is 2.22. The molecule has 3 heteroatoms. The number of hydrogen-bond acceptors (Lipinski definition) is 2. The Morgan fingerprint density at radius 2 is 2.18 bits per heavy atom. The molecule has 2 rings (SSSR count). The molecule has 1 N–H and O–H groups in total. The molecule has 0 radical (unpaired) electrons. The van der Waals surface area contributed by atoms with Crippen LogP contribution in [0.4, 0.5) is 0 Å². The van der Waals surface area contributed by atoms with Gasteiger partial charge in [0.1, 0.15) is 0 Å². The van der Waals surface area contributed by atoms with Gasteiger partial charge >= 0.3 is 0 Å². The fourth-order valence-electron chi connectivity index (χ4n) is 1.93. The van der Waals surface area contributed by atoms with Crippen molar-refractivity contribution in [3.05, 3.63) is 41.7 Å². The number of hydrogen-bond donors (Lipinski definition) is 1. The molecule has 0 bridgehead atoms. The van der Waals surface area contributed by atoms with E-state index in [2.05, 4.69) is 31.1 Å². The minimum atomic E-state index is 0.292. The largest absolute Gasteiger partial charge is 0.504 e. The molecular formula is C14H18N2O. The second-order valence-electron chi connectivity index (χ2n) is 4.33. The van der Waals surface area contributed by atoms with Gasteiger partial charge in [0.15, 0.2) is 5.75 Å². The van der Waals surface area contributed by atoms with Crippen molar-refractivity contribution >= 4 is 0 Å². The summed E-state index contributed by atoms with van der Waals surface area (Å²) in [6.45, 7) is 4.20. The van der Waals surface area contributed by atoms with Gasteiger partial charge in [0.25, 0.3) is 0 Å². The van der Waals surface area contributed by atoms with Crippen LogP contribution in [0.2, 0.25) is 0 Å². The first-order chi connectivity index (χ1) is 8.22. The lowest BCUT2D eigenvalue weighted by Gasteiger charge is -2.08.